The molecule has 0 radical (unpaired) electrons. The van der Waals surface area contributed by atoms with Crippen molar-refractivity contribution in [2.24, 2.45) is 0 Å². The molecule has 0 aromatic carbocycles. The average Bonchev–Trinajstić information content (AvgIpc) is 3.42. The second-order valence-electron chi connectivity index (χ2n) is 5.58. The molecular weight excluding hydrogens is 587 g/mol. The van der Waals surface area contributed by atoms with E-state index in [4.69, 9.17) is 24.1 Å². The molecule has 9 heteroatoms. The van der Waals surface area contributed by atoms with E-state index in [2.05, 4.69) is 23.7 Å². The zero-order chi connectivity index (χ0) is 17.6. The van der Waals surface area contributed by atoms with E-state index in [1.54, 1.807) is 0 Å². The third kappa shape index (κ3) is 12.7. The fraction of sp³-hybridized carbons (Fsp3) is 0.875. The van der Waals surface area contributed by atoms with Gasteiger partial charge in [0.2, 0.25) is 0 Å². The molecule has 0 amide bonds. The van der Waals surface area contributed by atoms with Crippen molar-refractivity contribution in [1.29, 1.82) is 0 Å². The summed E-state index contributed by atoms with van der Waals surface area (Å²) >= 11 is 0. The van der Waals surface area contributed by atoms with Crippen LogP contribution in [-0.4, -0.2) is 81.1 Å². The first-order chi connectivity index (χ1) is 11.7. The van der Waals surface area contributed by atoms with E-state index in [1.807, 2.05) is 0 Å². The minimum Gasteiger partial charge on any atom is -0.553 e. The molecule has 2 heterocycles. The summed E-state index contributed by atoms with van der Waals surface area (Å²) in [7, 11) is 6.29. The van der Waals surface area contributed by atoms with E-state index in [9.17, 15) is 5.11 Å². The zero-order valence-electron chi connectivity index (χ0n) is 14.8. The van der Waals surface area contributed by atoms with E-state index in [0.29, 0.717) is 19.8 Å². The van der Waals surface area contributed by atoms with Crippen molar-refractivity contribution in [3.8, 4) is 0 Å². The third-order valence-electron chi connectivity index (χ3n) is 3.37. The van der Waals surface area contributed by atoms with Crippen LogP contribution >= 0.6 is 0 Å². The van der Waals surface area contributed by atoms with Crippen LogP contribution in [0.1, 0.15) is 19.3 Å². The summed E-state index contributed by atoms with van der Waals surface area (Å²) in [5, 5.41) is 18.1. The van der Waals surface area contributed by atoms with Crippen molar-refractivity contribution in [3.05, 3.63) is 14.2 Å². The van der Waals surface area contributed by atoms with Crippen LogP contribution in [0.5, 0.6) is 0 Å². The van der Waals surface area contributed by atoms with Crippen molar-refractivity contribution in [3.63, 3.8) is 0 Å². The molecule has 2 aliphatic rings. The molecule has 25 heavy (non-hydrogen) atoms. The van der Waals surface area contributed by atoms with E-state index in [1.165, 1.54) is 0 Å². The van der Waals surface area contributed by atoms with Crippen LogP contribution in [0, 0.1) is 14.2 Å². The Morgan fingerprint density at radius 1 is 1.00 bits per heavy atom. The number of hydrogen-bond acceptors (Lipinski definition) is 8. The molecule has 2 N–H and O–H groups in total. The first-order valence-corrected chi connectivity index (χ1v) is 8.20. The summed E-state index contributed by atoms with van der Waals surface area (Å²) in [6, 6.07) is 0. The average molecular weight is 617 g/mol. The number of aliphatic hydroxyl groups excluding tert-OH is 2. The van der Waals surface area contributed by atoms with Crippen molar-refractivity contribution in [1.82, 2.24) is 0 Å². The predicted octanol–water partition coefficient (Wildman–Crippen LogP) is 0.270. The molecule has 0 spiro atoms. The van der Waals surface area contributed by atoms with Gasteiger partial charge in [-0.15, -0.1) is 0 Å². The Bertz CT molecular complexity index is 287. The van der Waals surface area contributed by atoms with Crippen molar-refractivity contribution >= 4 is 0 Å². The normalized spacial score (nSPS) is 24.5. The zero-order valence-corrected chi connectivity index (χ0v) is 21.2. The topological polar surface area (TPSA) is 99.1 Å². The van der Waals surface area contributed by atoms with E-state index in [0.717, 1.165) is 25.9 Å². The maximum Gasteiger partial charge on any atom is 0.157 e. The van der Waals surface area contributed by atoms with Crippen molar-refractivity contribution in [2.75, 3.05) is 46.2 Å². The van der Waals surface area contributed by atoms with E-state index >= 15 is 0 Å². The van der Waals surface area contributed by atoms with Crippen LogP contribution < -0.4 is 0 Å². The Morgan fingerprint density at radius 2 is 1.72 bits per heavy atom. The molecule has 2 rings (SSSR count). The van der Waals surface area contributed by atoms with Crippen LogP contribution in [-0.2, 0) is 28.4 Å². The first kappa shape index (κ1) is 23.7. The van der Waals surface area contributed by atoms with Crippen molar-refractivity contribution < 1.29 is 38.6 Å². The molecule has 146 valence electrons. The van der Waals surface area contributed by atoms with Crippen LogP contribution in [0.3, 0.4) is 0 Å². The summed E-state index contributed by atoms with van der Waals surface area (Å²) < 4.78 is 29.8. The van der Waals surface area contributed by atoms with Crippen LogP contribution in [0.15, 0.2) is 0 Å². The first-order valence-electron chi connectivity index (χ1n) is 8.20. The molecule has 4 unspecified atom stereocenters. The summed E-state index contributed by atoms with van der Waals surface area (Å²) in [6.07, 6.45) is 2.06. The maximum atomic E-state index is 9.24. The molecule has 8 nitrogen and oxygen atoms in total. The van der Waals surface area contributed by atoms with Crippen LogP contribution in [0.25, 0.3) is 0 Å². The van der Waals surface area contributed by atoms with Gasteiger partial charge in [-0.3, -0.25) is 0 Å². The van der Waals surface area contributed by atoms with E-state index in [-0.39, 0.29) is 32.2 Å². The molecule has 4 atom stereocenters. The van der Waals surface area contributed by atoms with Gasteiger partial charge in [0.25, 0.3) is 0 Å². The van der Waals surface area contributed by atoms with E-state index < -0.39 is 12.2 Å². The molecule has 2 saturated heterocycles. The van der Waals surface area contributed by atoms with Gasteiger partial charge in [-0.1, -0.05) is 0 Å². The molecule has 0 aliphatic carbocycles. The van der Waals surface area contributed by atoms with Gasteiger partial charge in [-0.2, -0.15) is 0 Å². The number of rotatable bonds is 11. The second-order valence-corrected chi connectivity index (χ2v) is 5.58. The van der Waals surface area contributed by atoms with Gasteiger partial charge in [-0.25, -0.2) is 14.2 Å². The summed E-state index contributed by atoms with van der Waals surface area (Å²) in [5.74, 6) is 0. The minimum absolute atomic E-state index is 0. The Hall–Kier alpha value is -1.32. The Labute approximate surface area is 143 Å². The Morgan fingerprint density at radius 3 is 2.28 bits per heavy atom. The predicted molar refractivity (Wildman–Crippen MR) is 84.7 cm³/mol. The Kier molecular flexibility index (Phi) is 14.2. The molecular formula is C16H30O8Rf-2. The summed E-state index contributed by atoms with van der Waals surface area (Å²) in [6.45, 7) is 3.08. The SMILES string of the molecule is [CH2-]OCC(O)C1CO1.[CH2-]OCC(O)COCCOC1CCCCO1.[Rf]. The molecule has 2 aliphatic heterocycles. The molecule has 0 saturated carbocycles. The fourth-order valence-electron chi connectivity index (χ4n) is 1.99. The van der Waals surface area contributed by atoms with Gasteiger partial charge in [-0.05, 0) is 19.3 Å². The minimum atomic E-state index is -0.622. The monoisotopic (exact) mass is 617 g/mol. The number of ether oxygens (including phenoxy) is 6. The van der Waals surface area contributed by atoms with Gasteiger partial charge in [0.05, 0.1) is 32.5 Å². The molecule has 0 bridgehead atoms. The summed E-state index contributed by atoms with van der Waals surface area (Å²) in [4.78, 5) is 0. The quantitative estimate of drug-likeness (QED) is 0.194. The maximum absolute atomic E-state index is 9.24. The fourth-order valence-corrected chi connectivity index (χ4v) is 1.99. The van der Waals surface area contributed by atoms with Gasteiger partial charge in [0.15, 0.2) is 6.29 Å². The second kappa shape index (κ2) is 15.0. The molecule has 2 fully saturated rings. The number of aliphatic hydroxyl groups is 2. The van der Waals surface area contributed by atoms with Gasteiger partial charge in [0, 0.05) is 19.8 Å². The largest absolute Gasteiger partial charge is 0.553 e. The van der Waals surface area contributed by atoms with Gasteiger partial charge in [0.1, 0.15) is 12.2 Å². The molecule has 0 aromatic rings. The number of epoxide rings is 1. The standard InChI is InChI=1S/C11H21O5.C5H9O3.Rf/c1-13-8-10(12)9-14-6-7-16-11-4-2-3-5-15-11;1-7-2-4(6)5-3-8-5;/h10-12H,1-9H2;4-6H,1-3H2;/q2*-1;. The van der Waals surface area contributed by atoms with Gasteiger partial charge < -0.3 is 38.6 Å². The van der Waals surface area contributed by atoms with Crippen LogP contribution in [0.2, 0.25) is 0 Å². The Balaban J connectivity index is 0.000000540. The van der Waals surface area contributed by atoms with Crippen molar-refractivity contribution in [2.45, 2.75) is 43.9 Å². The van der Waals surface area contributed by atoms with Crippen LogP contribution in [0.4, 0.5) is 0 Å². The smallest absolute Gasteiger partial charge is 0.157 e. The van der Waals surface area contributed by atoms with Gasteiger partial charge >= 0.3 is 0 Å². The number of hydrogen-bond donors (Lipinski definition) is 2. The summed E-state index contributed by atoms with van der Waals surface area (Å²) in [5.41, 5.74) is 0. The third-order valence-corrected chi connectivity index (χ3v) is 3.37. The molecule has 0 aromatic heterocycles.